The van der Waals surface area contributed by atoms with Gasteiger partial charge in [0.25, 0.3) is 0 Å². The Hall–Kier alpha value is -7.47. The third kappa shape index (κ3) is 5.47. The van der Waals surface area contributed by atoms with Gasteiger partial charge in [-0.05, 0) is 95.4 Å². The van der Waals surface area contributed by atoms with E-state index in [0.717, 1.165) is 67.4 Å². The highest BCUT2D eigenvalue weighted by atomic mass is 32.2. The van der Waals surface area contributed by atoms with Crippen LogP contribution in [0.5, 0.6) is 0 Å². The van der Waals surface area contributed by atoms with Crippen molar-refractivity contribution in [1.82, 2.24) is 4.57 Å². The summed E-state index contributed by atoms with van der Waals surface area (Å²) in [6.07, 6.45) is 0. The van der Waals surface area contributed by atoms with Crippen LogP contribution in [0.3, 0.4) is 0 Å². The van der Waals surface area contributed by atoms with Gasteiger partial charge in [0, 0.05) is 55.3 Å². The van der Waals surface area contributed by atoms with Gasteiger partial charge in [-0.2, -0.15) is 0 Å². The summed E-state index contributed by atoms with van der Waals surface area (Å²) >= 11 is 1.85. The van der Waals surface area contributed by atoms with E-state index in [-0.39, 0.29) is 0 Å². The van der Waals surface area contributed by atoms with E-state index >= 15 is 0 Å². The zero-order valence-corrected chi connectivity index (χ0v) is 32.7. The molecule has 5 heteroatoms. The summed E-state index contributed by atoms with van der Waals surface area (Å²) in [5.74, 6) is 1.13. The van der Waals surface area contributed by atoms with E-state index < -0.39 is 0 Å². The molecule has 0 saturated heterocycles. The molecule has 3 heterocycles. The molecule has 0 atom stereocenters. The first kappa shape index (κ1) is 33.6. The summed E-state index contributed by atoms with van der Waals surface area (Å²) in [7, 11) is 0. The minimum atomic E-state index is 0.851. The lowest BCUT2D eigenvalue weighted by Gasteiger charge is -2.34. The molecule has 2 aromatic heterocycles. The number of para-hydroxylation sites is 3. The van der Waals surface area contributed by atoms with Gasteiger partial charge in [-0.1, -0.05) is 139 Å². The molecule has 0 unspecified atom stereocenters. The molecule has 0 saturated carbocycles. The molecule has 9 aromatic carbocycles. The second-order valence-electron chi connectivity index (χ2n) is 15.0. The molecule has 0 fully saturated rings. The summed E-state index contributed by atoms with van der Waals surface area (Å²) in [5.41, 5.74) is 11.7. The van der Waals surface area contributed by atoms with Gasteiger partial charge in [-0.3, -0.25) is 9.47 Å². The van der Waals surface area contributed by atoms with Crippen LogP contribution in [-0.2, 0) is 0 Å². The molecule has 11 aromatic rings. The number of nitrogens with zero attached hydrogens (tertiary/aromatic N) is 3. The van der Waals surface area contributed by atoms with E-state index in [4.69, 9.17) is 4.42 Å². The highest BCUT2D eigenvalue weighted by molar-refractivity contribution is 8.00. The average Bonchev–Trinajstić information content (AvgIpc) is 3.84. The predicted octanol–water partition coefficient (Wildman–Crippen LogP) is 15.8. The van der Waals surface area contributed by atoms with Crippen molar-refractivity contribution in [1.29, 1.82) is 0 Å². The van der Waals surface area contributed by atoms with E-state index in [9.17, 15) is 0 Å². The molecule has 0 radical (unpaired) electrons. The Morgan fingerprint density at radius 3 is 1.88 bits per heavy atom. The molecule has 59 heavy (non-hydrogen) atoms. The van der Waals surface area contributed by atoms with Gasteiger partial charge in [0.15, 0.2) is 0 Å². The summed E-state index contributed by atoms with van der Waals surface area (Å²) in [4.78, 5) is 7.28. The second-order valence-corrected chi connectivity index (χ2v) is 16.0. The van der Waals surface area contributed by atoms with Gasteiger partial charge in [0.2, 0.25) is 0 Å². The molecule has 12 rings (SSSR count). The fourth-order valence-electron chi connectivity index (χ4n) is 8.85. The normalized spacial score (nSPS) is 12.3. The van der Waals surface area contributed by atoms with Crippen LogP contribution >= 0.6 is 11.8 Å². The summed E-state index contributed by atoms with van der Waals surface area (Å²) in [6.45, 7) is 0. The molecule has 0 amide bonds. The van der Waals surface area contributed by atoms with E-state index in [1.807, 2.05) is 11.8 Å². The third-order valence-corrected chi connectivity index (χ3v) is 12.7. The first-order chi connectivity index (χ1) is 29.3. The van der Waals surface area contributed by atoms with Gasteiger partial charge in [0.1, 0.15) is 17.0 Å². The van der Waals surface area contributed by atoms with Gasteiger partial charge in [-0.15, -0.1) is 0 Å². The van der Waals surface area contributed by atoms with Gasteiger partial charge in [0.05, 0.1) is 21.8 Å². The molecule has 0 aliphatic carbocycles. The van der Waals surface area contributed by atoms with Crippen molar-refractivity contribution in [3.05, 3.63) is 212 Å². The van der Waals surface area contributed by atoms with Crippen molar-refractivity contribution in [2.75, 3.05) is 9.80 Å². The van der Waals surface area contributed by atoms with Crippen molar-refractivity contribution in [3.8, 4) is 16.8 Å². The number of hydrogen-bond donors (Lipinski definition) is 0. The number of rotatable bonds is 6. The fraction of sp³-hybridized carbons (Fsp3) is 0. The lowest BCUT2D eigenvalue weighted by atomic mass is 10.0. The Morgan fingerprint density at radius 2 is 1.07 bits per heavy atom. The number of anilines is 6. The van der Waals surface area contributed by atoms with Crippen LogP contribution in [0.1, 0.15) is 0 Å². The van der Waals surface area contributed by atoms with Crippen LogP contribution in [0.4, 0.5) is 34.3 Å². The molecule has 0 spiro atoms. The zero-order chi connectivity index (χ0) is 38.9. The Bertz CT molecular complexity index is 3370. The topological polar surface area (TPSA) is 24.6 Å². The number of fused-ring (bicyclic) bond motifs is 8. The molecular formula is C54H35N3OS. The number of furan rings is 1. The fourth-order valence-corrected chi connectivity index (χ4v) is 10.0. The Kier molecular flexibility index (Phi) is 7.75. The monoisotopic (exact) mass is 773 g/mol. The van der Waals surface area contributed by atoms with Crippen LogP contribution in [0.25, 0.3) is 60.4 Å². The first-order valence-corrected chi connectivity index (χ1v) is 20.7. The quantitative estimate of drug-likeness (QED) is 0.168. The molecule has 1 aliphatic heterocycles. The van der Waals surface area contributed by atoms with Crippen molar-refractivity contribution < 1.29 is 4.42 Å². The summed E-state index contributed by atoms with van der Waals surface area (Å²) in [5, 5.41) is 5.80. The standard InChI is InChI=1S/C54H35N3OS/c1-4-15-36(16-5-1)38-27-30-44-45-31-28-42(35-51(45)58-50(44)33-38)55(47-26-14-18-37-17-10-11-23-43(37)47)41-29-32-52-49(34-41)57(40-21-8-3-9-22-40)54-53(59-52)46-24-12-13-25-48(46)56(54)39-19-6-2-7-20-39/h1-35H. The SMILES string of the molecule is c1ccc(-c2ccc3c(c2)oc2cc(N(c4ccc5c(c4)N(c4ccccc4)c4c(c6ccccc6n4-c4ccccc4)S5)c4cccc5ccccc45)ccc23)cc1. The molecular weight excluding hydrogens is 739 g/mol. The Morgan fingerprint density at radius 1 is 0.441 bits per heavy atom. The largest absolute Gasteiger partial charge is 0.456 e. The number of hydrogen-bond acceptors (Lipinski definition) is 4. The molecule has 4 nitrogen and oxygen atoms in total. The highest BCUT2D eigenvalue weighted by Crippen LogP contribution is 2.57. The van der Waals surface area contributed by atoms with E-state index in [2.05, 4.69) is 227 Å². The molecule has 278 valence electrons. The van der Waals surface area contributed by atoms with Gasteiger partial charge in [-0.25, -0.2) is 0 Å². The van der Waals surface area contributed by atoms with Crippen LogP contribution in [0.2, 0.25) is 0 Å². The first-order valence-electron chi connectivity index (χ1n) is 19.9. The van der Waals surface area contributed by atoms with Gasteiger partial charge >= 0.3 is 0 Å². The minimum absolute atomic E-state index is 0.851. The van der Waals surface area contributed by atoms with Crippen LogP contribution in [-0.4, -0.2) is 4.57 Å². The summed E-state index contributed by atoms with van der Waals surface area (Å²) < 4.78 is 9.13. The number of aromatic nitrogens is 1. The average molecular weight is 774 g/mol. The maximum Gasteiger partial charge on any atom is 0.137 e. The van der Waals surface area contributed by atoms with E-state index in [1.165, 1.54) is 37.0 Å². The molecule has 0 N–H and O–H groups in total. The highest BCUT2D eigenvalue weighted by Gasteiger charge is 2.33. The number of benzene rings is 9. The maximum atomic E-state index is 6.71. The van der Waals surface area contributed by atoms with E-state index in [1.54, 1.807) is 0 Å². The van der Waals surface area contributed by atoms with Gasteiger partial charge < -0.3 is 9.32 Å². The van der Waals surface area contributed by atoms with Crippen molar-refractivity contribution in [2.45, 2.75) is 9.79 Å². The van der Waals surface area contributed by atoms with Crippen molar-refractivity contribution in [3.63, 3.8) is 0 Å². The second kappa shape index (κ2) is 13.6. The molecule has 1 aliphatic rings. The lowest BCUT2D eigenvalue weighted by molar-refractivity contribution is 0.669. The van der Waals surface area contributed by atoms with Crippen molar-refractivity contribution >= 4 is 89.6 Å². The molecule has 0 bridgehead atoms. The van der Waals surface area contributed by atoms with Crippen LogP contribution in [0.15, 0.2) is 227 Å². The smallest absolute Gasteiger partial charge is 0.137 e. The minimum Gasteiger partial charge on any atom is -0.456 e. The van der Waals surface area contributed by atoms with Crippen LogP contribution < -0.4 is 9.80 Å². The van der Waals surface area contributed by atoms with E-state index in [0.29, 0.717) is 0 Å². The maximum absolute atomic E-state index is 6.71. The van der Waals surface area contributed by atoms with Crippen LogP contribution in [0, 0.1) is 0 Å². The lowest BCUT2D eigenvalue weighted by Crippen LogP contribution is -2.19. The zero-order valence-electron chi connectivity index (χ0n) is 31.9. The third-order valence-electron chi connectivity index (χ3n) is 11.5. The Labute approximate surface area is 345 Å². The Balaban J connectivity index is 1.08. The van der Waals surface area contributed by atoms with Crippen molar-refractivity contribution in [2.24, 2.45) is 0 Å². The predicted molar refractivity (Wildman–Crippen MR) is 247 cm³/mol. The summed E-state index contributed by atoms with van der Waals surface area (Å²) in [6, 6.07) is 76.1.